The van der Waals surface area contributed by atoms with E-state index >= 15 is 0 Å². The summed E-state index contributed by atoms with van der Waals surface area (Å²) in [6.45, 7) is 2.10. The Morgan fingerprint density at radius 1 is 1.50 bits per heavy atom. The molecular formula is C9H12O. The fourth-order valence-corrected chi connectivity index (χ4v) is 0.945. The summed E-state index contributed by atoms with van der Waals surface area (Å²) in [5, 5.41) is 9.12. The van der Waals surface area contributed by atoms with Crippen LogP contribution in [0.15, 0.2) is 36.1 Å². The molecule has 0 saturated heterocycles. The third-order valence-electron chi connectivity index (χ3n) is 1.59. The molecule has 0 spiro atoms. The molecule has 54 valence electrons. The summed E-state index contributed by atoms with van der Waals surface area (Å²) in [6.07, 6.45) is 10.5. The van der Waals surface area contributed by atoms with Gasteiger partial charge in [0, 0.05) is 0 Å². The molecule has 0 radical (unpaired) electrons. The van der Waals surface area contributed by atoms with Crippen LogP contribution >= 0.6 is 0 Å². The zero-order chi connectivity index (χ0) is 7.40. The van der Waals surface area contributed by atoms with E-state index in [0.717, 1.165) is 6.42 Å². The van der Waals surface area contributed by atoms with Crippen molar-refractivity contribution in [2.45, 2.75) is 13.3 Å². The van der Waals surface area contributed by atoms with Gasteiger partial charge in [0.1, 0.15) is 5.76 Å². The first-order chi connectivity index (χ1) is 4.83. The van der Waals surface area contributed by atoms with Crippen LogP contribution in [0.25, 0.3) is 0 Å². The highest BCUT2D eigenvalue weighted by Gasteiger charge is 1.99. The van der Waals surface area contributed by atoms with Crippen molar-refractivity contribution in [2.75, 3.05) is 0 Å². The van der Waals surface area contributed by atoms with E-state index in [2.05, 4.69) is 13.0 Å². The smallest absolute Gasteiger partial charge is 0.112 e. The summed E-state index contributed by atoms with van der Waals surface area (Å²) in [6, 6.07) is 0. The van der Waals surface area contributed by atoms with Crippen LogP contribution in [-0.2, 0) is 0 Å². The molecule has 0 amide bonds. The molecule has 0 heterocycles. The van der Waals surface area contributed by atoms with E-state index in [9.17, 15) is 0 Å². The van der Waals surface area contributed by atoms with Crippen LogP contribution in [-0.4, -0.2) is 5.11 Å². The quantitative estimate of drug-likeness (QED) is 0.587. The molecule has 1 rings (SSSR count). The summed E-state index contributed by atoms with van der Waals surface area (Å²) in [7, 11) is 0. The monoisotopic (exact) mass is 136 g/mol. The van der Waals surface area contributed by atoms with Gasteiger partial charge in [0.2, 0.25) is 0 Å². The fourth-order valence-electron chi connectivity index (χ4n) is 0.945. The average Bonchev–Trinajstić information content (AvgIpc) is 2.13. The summed E-state index contributed by atoms with van der Waals surface area (Å²) in [4.78, 5) is 0. The van der Waals surface area contributed by atoms with Gasteiger partial charge in [0.15, 0.2) is 0 Å². The molecule has 1 N–H and O–H groups in total. The molecule has 0 aromatic rings. The van der Waals surface area contributed by atoms with Crippen molar-refractivity contribution >= 4 is 0 Å². The van der Waals surface area contributed by atoms with Gasteiger partial charge >= 0.3 is 0 Å². The molecule has 1 unspecified atom stereocenters. The number of hydrogen-bond donors (Lipinski definition) is 1. The summed E-state index contributed by atoms with van der Waals surface area (Å²) in [5.41, 5.74) is 0. The van der Waals surface area contributed by atoms with Crippen LogP contribution < -0.4 is 0 Å². The van der Waals surface area contributed by atoms with Gasteiger partial charge in [0.25, 0.3) is 0 Å². The molecule has 0 fully saturated rings. The molecule has 1 nitrogen and oxygen atoms in total. The van der Waals surface area contributed by atoms with E-state index in [4.69, 9.17) is 5.11 Å². The highest BCUT2D eigenvalue weighted by molar-refractivity contribution is 5.23. The number of rotatable bonds is 1. The molecule has 1 atom stereocenters. The Morgan fingerprint density at radius 3 is 3.00 bits per heavy atom. The molecule has 0 aromatic heterocycles. The Balaban J connectivity index is 2.72. The summed E-state index contributed by atoms with van der Waals surface area (Å²) >= 11 is 0. The van der Waals surface area contributed by atoms with Crippen molar-refractivity contribution in [3.05, 3.63) is 36.1 Å². The topological polar surface area (TPSA) is 20.2 Å². The first-order valence-electron chi connectivity index (χ1n) is 3.58. The first kappa shape index (κ1) is 7.13. The van der Waals surface area contributed by atoms with E-state index in [1.54, 1.807) is 6.08 Å². The van der Waals surface area contributed by atoms with E-state index in [0.29, 0.717) is 11.7 Å². The SMILES string of the molecule is CCC1C=CC=CC(O)=C1. The van der Waals surface area contributed by atoms with Crippen molar-refractivity contribution in [2.24, 2.45) is 5.92 Å². The standard InChI is InChI=1S/C9H12O/c1-2-8-5-3-4-6-9(10)7-8/h3-8,10H,2H2,1H3. The van der Waals surface area contributed by atoms with Gasteiger partial charge in [-0.05, 0) is 24.5 Å². The highest BCUT2D eigenvalue weighted by atomic mass is 16.3. The van der Waals surface area contributed by atoms with E-state index in [1.807, 2.05) is 18.2 Å². The van der Waals surface area contributed by atoms with E-state index in [-0.39, 0.29) is 0 Å². The maximum absolute atomic E-state index is 9.12. The minimum absolute atomic E-state index is 0.372. The van der Waals surface area contributed by atoms with Crippen LogP contribution in [0.4, 0.5) is 0 Å². The molecule has 0 aromatic carbocycles. The molecule has 1 aliphatic carbocycles. The average molecular weight is 136 g/mol. The van der Waals surface area contributed by atoms with Crippen molar-refractivity contribution < 1.29 is 5.11 Å². The van der Waals surface area contributed by atoms with E-state index in [1.165, 1.54) is 0 Å². The molecule has 1 heteroatoms. The second-order valence-corrected chi connectivity index (χ2v) is 2.41. The van der Waals surface area contributed by atoms with E-state index < -0.39 is 0 Å². The van der Waals surface area contributed by atoms with Crippen molar-refractivity contribution in [1.29, 1.82) is 0 Å². The Bertz CT molecular complexity index is 187. The fraction of sp³-hybridized carbons (Fsp3) is 0.333. The molecule has 1 aliphatic rings. The predicted octanol–water partition coefficient (Wildman–Crippen LogP) is 2.58. The molecule has 0 saturated carbocycles. The maximum Gasteiger partial charge on any atom is 0.112 e. The number of hydrogen-bond acceptors (Lipinski definition) is 1. The lowest BCUT2D eigenvalue weighted by Gasteiger charge is -2.00. The molecular weight excluding hydrogens is 124 g/mol. The normalized spacial score (nSPS) is 24.1. The van der Waals surface area contributed by atoms with Crippen LogP contribution in [0, 0.1) is 5.92 Å². The number of allylic oxidation sites excluding steroid dienone is 5. The molecule has 0 aliphatic heterocycles. The second kappa shape index (κ2) is 3.25. The number of aliphatic hydroxyl groups is 1. The second-order valence-electron chi connectivity index (χ2n) is 2.41. The summed E-state index contributed by atoms with van der Waals surface area (Å²) in [5.74, 6) is 0.770. The maximum atomic E-state index is 9.12. The number of aliphatic hydroxyl groups excluding tert-OH is 1. The lowest BCUT2D eigenvalue weighted by molar-refractivity contribution is 0.426. The van der Waals surface area contributed by atoms with Crippen LogP contribution in [0.1, 0.15) is 13.3 Å². The third kappa shape index (κ3) is 1.76. The zero-order valence-corrected chi connectivity index (χ0v) is 6.12. The van der Waals surface area contributed by atoms with Gasteiger partial charge < -0.3 is 5.11 Å². The van der Waals surface area contributed by atoms with Gasteiger partial charge in [0.05, 0.1) is 0 Å². The molecule has 10 heavy (non-hydrogen) atoms. The Hall–Kier alpha value is -0.980. The highest BCUT2D eigenvalue weighted by Crippen LogP contribution is 2.12. The lowest BCUT2D eigenvalue weighted by Crippen LogP contribution is -1.88. The van der Waals surface area contributed by atoms with Crippen molar-refractivity contribution in [1.82, 2.24) is 0 Å². The Kier molecular flexibility index (Phi) is 2.32. The summed E-state index contributed by atoms with van der Waals surface area (Å²) < 4.78 is 0. The van der Waals surface area contributed by atoms with Crippen LogP contribution in [0.3, 0.4) is 0 Å². The van der Waals surface area contributed by atoms with Crippen molar-refractivity contribution in [3.8, 4) is 0 Å². The predicted molar refractivity (Wildman–Crippen MR) is 42.8 cm³/mol. The Morgan fingerprint density at radius 2 is 2.30 bits per heavy atom. The minimum Gasteiger partial charge on any atom is -0.508 e. The van der Waals surface area contributed by atoms with Gasteiger partial charge in [-0.3, -0.25) is 0 Å². The first-order valence-corrected chi connectivity index (χ1v) is 3.58. The van der Waals surface area contributed by atoms with Crippen LogP contribution in [0.5, 0.6) is 0 Å². The van der Waals surface area contributed by atoms with Gasteiger partial charge in [-0.15, -0.1) is 0 Å². The lowest BCUT2D eigenvalue weighted by atomic mass is 10.1. The molecule has 0 bridgehead atoms. The van der Waals surface area contributed by atoms with Gasteiger partial charge in [-0.25, -0.2) is 0 Å². The van der Waals surface area contributed by atoms with Gasteiger partial charge in [-0.2, -0.15) is 0 Å². The zero-order valence-electron chi connectivity index (χ0n) is 6.12. The van der Waals surface area contributed by atoms with Crippen molar-refractivity contribution in [3.63, 3.8) is 0 Å². The van der Waals surface area contributed by atoms with Gasteiger partial charge in [-0.1, -0.05) is 25.2 Å². The minimum atomic E-state index is 0.372. The largest absolute Gasteiger partial charge is 0.508 e. The Labute approximate surface area is 61.4 Å². The van der Waals surface area contributed by atoms with Crippen LogP contribution in [0.2, 0.25) is 0 Å². The third-order valence-corrected chi connectivity index (χ3v) is 1.59.